The van der Waals surface area contributed by atoms with Gasteiger partial charge in [0.15, 0.2) is 5.82 Å². The summed E-state index contributed by atoms with van der Waals surface area (Å²) in [6.07, 6.45) is 0. The van der Waals surface area contributed by atoms with Gasteiger partial charge in [-0.05, 0) is 141 Å². The summed E-state index contributed by atoms with van der Waals surface area (Å²) in [7, 11) is 0. The molecular weight excluding hydrogens is 897 g/mol. The molecule has 0 saturated heterocycles. The quantitative estimate of drug-likeness (QED) is 0.152. The molecule has 0 fully saturated rings. The summed E-state index contributed by atoms with van der Waals surface area (Å²) in [5.74, 6) is 0.654. The summed E-state index contributed by atoms with van der Waals surface area (Å²) in [5.41, 5.74) is 26.2. The van der Waals surface area contributed by atoms with Crippen molar-refractivity contribution in [2.45, 2.75) is 41.5 Å². The third-order valence-corrected chi connectivity index (χ3v) is 15.1. The lowest BCUT2D eigenvalue weighted by Crippen LogP contribution is -2.04. The lowest BCUT2D eigenvalue weighted by atomic mass is 9.93. The summed E-state index contributed by atoms with van der Waals surface area (Å²) in [6, 6.07) is 79.7. The fourth-order valence-electron chi connectivity index (χ4n) is 12.2. The predicted octanol–water partition coefficient (Wildman–Crippen LogP) is 18.5. The van der Waals surface area contributed by atoms with Crippen molar-refractivity contribution in [1.29, 1.82) is 0 Å². The van der Waals surface area contributed by atoms with E-state index in [1.165, 1.54) is 77.2 Å². The molecule has 0 atom stereocenters. The third-order valence-electron chi connectivity index (χ3n) is 15.1. The topological polar surface area (TPSA) is 35.6 Å². The summed E-state index contributed by atoms with van der Waals surface area (Å²) in [5, 5.41) is 4.82. The van der Waals surface area contributed by atoms with Crippen LogP contribution in [-0.4, -0.2) is 19.1 Å². The molecule has 10 aromatic carbocycles. The smallest absolute Gasteiger partial charge is 0.161 e. The van der Waals surface area contributed by atoms with Gasteiger partial charge in [0.2, 0.25) is 0 Å². The lowest BCUT2D eigenvalue weighted by Gasteiger charge is -2.21. The van der Waals surface area contributed by atoms with Crippen LogP contribution in [0.1, 0.15) is 33.4 Å². The van der Waals surface area contributed by atoms with Gasteiger partial charge in [-0.25, -0.2) is 9.97 Å². The SMILES string of the molecule is Cc1cc(C)c(-c2ccc3c(c2)c2ccccc2n3-c2ccccc2-c2c(-c3nc(-c4ccccc4)cc(-c4ccccc4)n3)cccc2-n2c3ccccc3c3cc(-c4c(C)cc(C)cc4C)ccc32)c(C)c1. The van der Waals surface area contributed by atoms with Gasteiger partial charge in [-0.1, -0.05) is 175 Å². The molecule has 13 aromatic rings. The second kappa shape index (κ2) is 17.9. The van der Waals surface area contributed by atoms with Crippen LogP contribution < -0.4 is 0 Å². The largest absolute Gasteiger partial charge is 0.309 e. The Hall–Kier alpha value is -9.12. The van der Waals surface area contributed by atoms with Crippen molar-refractivity contribution in [2.24, 2.45) is 0 Å². The zero-order valence-electron chi connectivity index (χ0n) is 42.6. The van der Waals surface area contributed by atoms with Crippen LogP contribution in [0.4, 0.5) is 0 Å². The van der Waals surface area contributed by atoms with E-state index < -0.39 is 0 Å². The van der Waals surface area contributed by atoms with E-state index in [9.17, 15) is 0 Å². The Kier molecular flexibility index (Phi) is 10.8. The van der Waals surface area contributed by atoms with E-state index >= 15 is 0 Å². The average Bonchev–Trinajstić information content (AvgIpc) is 3.94. The average molecular weight is 951 g/mol. The molecule has 3 aromatic heterocycles. The van der Waals surface area contributed by atoms with E-state index in [4.69, 9.17) is 9.97 Å². The van der Waals surface area contributed by atoms with Gasteiger partial charge < -0.3 is 9.13 Å². The Balaban J connectivity index is 1.12. The summed E-state index contributed by atoms with van der Waals surface area (Å²) >= 11 is 0. The van der Waals surface area contributed by atoms with Gasteiger partial charge in [0.25, 0.3) is 0 Å². The number of nitrogens with zero attached hydrogens (tertiary/aromatic N) is 4. The second-order valence-corrected chi connectivity index (χ2v) is 20.1. The number of benzene rings is 10. The number of aromatic nitrogens is 4. The maximum Gasteiger partial charge on any atom is 0.161 e. The minimum atomic E-state index is 0.654. The van der Waals surface area contributed by atoms with E-state index in [1.807, 2.05) is 0 Å². The van der Waals surface area contributed by atoms with Gasteiger partial charge in [-0.2, -0.15) is 0 Å². The Morgan fingerprint density at radius 2 is 0.689 bits per heavy atom. The molecule has 0 spiro atoms. The molecule has 4 heteroatoms. The number of hydrogen-bond donors (Lipinski definition) is 0. The highest BCUT2D eigenvalue weighted by atomic mass is 15.0. The molecule has 0 saturated carbocycles. The standard InChI is InChI=1S/C70H54N4/c1-43-36-45(3)67(46(4)37-43)51-32-34-64-57(40-51)53-24-13-16-28-61(53)73(64)63-30-18-15-26-55(63)69-56(70-71-59(49-20-9-7-10-21-49)42-60(72-70)50-22-11-8-12-23-50)27-19-31-66(69)74-62-29-17-14-25-54(62)58-41-52(33-35-65(58)74)68-47(5)38-44(2)39-48(68)6/h7-42H,1-6H3. The molecule has 0 bridgehead atoms. The molecule has 0 amide bonds. The van der Waals surface area contributed by atoms with Crippen molar-refractivity contribution >= 4 is 43.6 Å². The Bertz CT molecular complexity index is 4260. The van der Waals surface area contributed by atoms with Gasteiger partial charge in [0, 0.05) is 49.4 Å². The molecule has 0 radical (unpaired) electrons. The Morgan fingerprint density at radius 1 is 0.284 bits per heavy atom. The normalized spacial score (nSPS) is 11.6. The molecule has 0 N–H and O–H groups in total. The first-order valence-electron chi connectivity index (χ1n) is 25.6. The maximum absolute atomic E-state index is 5.52. The highest BCUT2D eigenvalue weighted by Gasteiger charge is 2.25. The molecule has 3 heterocycles. The van der Waals surface area contributed by atoms with Crippen molar-refractivity contribution in [1.82, 2.24) is 19.1 Å². The first-order chi connectivity index (χ1) is 36.2. The van der Waals surface area contributed by atoms with Crippen LogP contribution in [0.15, 0.2) is 218 Å². The minimum Gasteiger partial charge on any atom is -0.309 e. The molecule has 74 heavy (non-hydrogen) atoms. The molecule has 354 valence electrons. The highest BCUT2D eigenvalue weighted by Crippen LogP contribution is 2.46. The van der Waals surface area contributed by atoms with Crippen LogP contribution in [0, 0.1) is 41.5 Å². The lowest BCUT2D eigenvalue weighted by molar-refractivity contribution is 1.15. The third kappa shape index (κ3) is 7.44. The van der Waals surface area contributed by atoms with E-state index in [2.05, 4.69) is 269 Å². The van der Waals surface area contributed by atoms with Gasteiger partial charge in [-0.15, -0.1) is 0 Å². The van der Waals surface area contributed by atoms with E-state index in [1.54, 1.807) is 0 Å². The fourth-order valence-corrected chi connectivity index (χ4v) is 12.2. The molecule has 13 rings (SSSR count). The predicted molar refractivity (Wildman–Crippen MR) is 312 cm³/mol. The number of rotatable bonds is 8. The molecule has 0 aliphatic carbocycles. The van der Waals surface area contributed by atoms with Crippen molar-refractivity contribution in [3.8, 4) is 78.7 Å². The maximum atomic E-state index is 5.52. The van der Waals surface area contributed by atoms with Crippen LogP contribution in [0.3, 0.4) is 0 Å². The van der Waals surface area contributed by atoms with Crippen LogP contribution in [0.5, 0.6) is 0 Å². The van der Waals surface area contributed by atoms with Crippen molar-refractivity contribution in [3.63, 3.8) is 0 Å². The summed E-state index contributed by atoms with van der Waals surface area (Å²) in [4.78, 5) is 11.0. The molecule has 0 unspecified atom stereocenters. The second-order valence-electron chi connectivity index (χ2n) is 20.1. The van der Waals surface area contributed by atoms with Crippen molar-refractivity contribution < 1.29 is 0 Å². The molecule has 4 nitrogen and oxygen atoms in total. The zero-order chi connectivity index (χ0) is 50.2. The molecule has 0 aliphatic rings. The fraction of sp³-hybridized carbons (Fsp3) is 0.0857. The number of para-hydroxylation sites is 3. The molecule has 0 aliphatic heterocycles. The Labute approximate surface area is 432 Å². The number of hydrogen-bond acceptors (Lipinski definition) is 2. The van der Waals surface area contributed by atoms with Gasteiger partial charge in [-0.3, -0.25) is 0 Å². The number of fused-ring (bicyclic) bond motifs is 6. The van der Waals surface area contributed by atoms with Crippen molar-refractivity contribution in [3.05, 3.63) is 252 Å². The summed E-state index contributed by atoms with van der Waals surface area (Å²) in [6.45, 7) is 13.3. The van der Waals surface area contributed by atoms with Gasteiger partial charge in [0.05, 0.1) is 44.8 Å². The molecular formula is C70H54N4. The van der Waals surface area contributed by atoms with E-state index in [-0.39, 0.29) is 0 Å². The van der Waals surface area contributed by atoms with Crippen LogP contribution in [-0.2, 0) is 0 Å². The first kappa shape index (κ1) is 44.8. The van der Waals surface area contributed by atoms with Gasteiger partial charge >= 0.3 is 0 Å². The number of aryl methyl sites for hydroxylation is 6. The zero-order valence-corrected chi connectivity index (χ0v) is 42.6. The van der Waals surface area contributed by atoms with E-state index in [0.717, 1.165) is 72.6 Å². The monoisotopic (exact) mass is 950 g/mol. The van der Waals surface area contributed by atoms with Crippen LogP contribution >= 0.6 is 0 Å². The Morgan fingerprint density at radius 3 is 1.20 bits per heavy atom. The summed E-state index contributed by atoms with van der Waals surface area (Å²) < 4.78 is 4.95. The van der Waals surface area contributed by atoms with E-state index in [0.29, 0.717) is 5.82 Å². The highest BCUT2D eigenvalue weighted by molar-refractivity contribution is 6.13. The first-order valence-corrected chi connectivity index (χ1v) is 25.6. The van der Waals surface area contributed by atoms with Crippen molar-refractivity contribution in [2.75, 3.05) is 0 Å². The van der Waals surface area contributed by atoms with Crippen LogP contribution in [0.2, 0.25) is 0 Å². The van der Waals surface area contributed by atoms with Gasteiger partial charge in [0.1, 0.15) is 0 Å². The minimum absolute atomic E-state index is 0.654. The van der Waals surface area contributed by atoms with Crippen LogP contribution in [0.25, 0.3) is 122 Å².